The third kappa shape index (κ3) is 5.26. The molecule has 0 atom stereocenters. The molecule has 1 amide bonds. The highest BCUT2D eigenvalue weighted by Crippen LogP contribution is 2.24. The van der Waals surface area contributed by atoms with Crippen LogP contribution < -0.4 is 20.9 Å². The summed E-state index contributed by atoms with van der Waals surface area (Å²) in [6.07, 6.45) is 2.40. The lowest BCUT2D eigenvalue weighted by Gasteiger charge is -2.14. The predicted molar refractivity (Wildman–Crippen MR) is 118 cm³/mol. The minimum Gasteiger partial charge on any atom is -0.490 e. The van der Waals surface area contributed by atoms with Crippen LogP contribution >= 0.6 is 0 Å². The lowest BCUT2D eigenvalue weighted by molar-refractivity contribution is 0.0953. The monoisotopic (exact) mass is 406 g/mol. The molecule has 30 heavy (non-hydrogen) atoms. The Labute approximate surface area is 175 Å². The minimum absolute atomic E-state index is 0.151. The Hall–Kier alpha value is -3.61. The van der Waals surface area contributed by atoms with E-state index in [1.165, 1.54) is 10.9 Å². The summed E-state index contributed by atoms with van der Waals surface area (Å²) in [5.41, 5.74) is 2.09. The molecule has 0 unspecified atom stereocenters. The fourth-order valence-electron chi connectivity index (χ4n) is 2.95. The van der Waals surface area contributed by atoms with Crippen LogP contribution in [0.4, 0.5) is 11.4 Å². The van der Waals surface area contributed by atoms with E-state index in [-0.39, 0.29) is 17.2 Å². The van der Waals surface area contributed by atoms with Crippen LogP contribution in [0.2, 0.25) is 0 Å². The molecule has 156 valence electrons. The van der Waals surface area contributed by atoms with E-state index < -0.39 is 0 Å². The highest BCUT2D eigenvalue weighted by atomic mass is 16.5. The molecule has 0 saturated heterocycles. The quantitative estimate of drug-likeness (QED) is 0.567. The van der Waals surface area contributed by atoms with Crippen LogP contribution in [0.15, 0.2) is 65.6 Å². The van der Waals surface area contributed by atoms with Gasteiger partial charge >= 0.3 is 0 Å². The van der Waals surface area contributed by atoms with Crippen molar-refractivity contribution in [1.82, 2.24) is 15.1 Å². The van der Waals surface area contributed by atoms with E-state index in [1.807, 2.05) is 44.2 Å². The average Bonchev–Trinajstić information content (AvgIpc) is 2.77. The number of hydrogen-bond donors (Lipinski definition) is 2. The number of carbonyl (C=O) groups is 1. The van der Waals surface area contributed by atoms with Crippen LogP contribution in [-0.4, -0.2) is 28.8 Å². The molecule has 3 rings (SSSR count). The third-order valence-corrected chi connectivity index (χ3v) is 4.41. The van der Waals surface area contributed by atoms with Crippen LogP contribution in [0, 0.1) is 0 Å². The Morgan fingerprint density at radius 2 is 1.90 bits per heavy atom. The van der Waals surface area contributed by atoms with Crippen molar-refractivity contribution in [3.63, 3.8) is 0 Å². The van der Waals surface area contributed by atoms with Crippen LogP contribution in [0.3, 0.4) is 0 Å². The first-order valence-corrected chi connectivity index (χ1v) is 10.0. The van der Waals surface area contributed by atoms with E-state index in [9.17, 15) is 9.59 Å². The second-order valence-electron chi connectivity index (χ2n) is 6.73. The van der Waals surface area contributed by atoms with Crippen LogP contribution in [0.25, 0.3) is 0 Å². The number of carbonyl (C=O) groups excluding carboxylic acids is 1. The van der Waals surface area contributed by atoms with Crippen LogP contribution in [-0.2, 0) is 6.54 Å². The number of amides is 1. The van der Waals surface area contributed by atoms with Gasteiger partial charge in [0.2, 0.25) is 0 Å². The zero-order valence-electron chi connectivity index (χ0n) is 17.2. The van der Waals surface area contributed by atoms with Crippen LogP contribution in [0.5, 0.6) is 5.75 Å². The third-order valence-electron chi connectivity index (χ3n) is 4.41. The molecular formula is C23H26N4O3. The van der Waals surface area contributed by atoms with Crippen molar-refractivity contribution in [3.05, 3.63) is 82.3 Å². The maximum absolute atomic E-state index is 13.1. The Kier molecular flexibility index (Phi) is 7.21. The topological polar surface area (TPSA) is 85.2 Å². The lowest BCUT2D eigenvalue weighted by atomic mass is 10.2. The number of hydrogen-bond acceptors (Lipinski definition) is 5. The van der Waals surface area contributed by atoms with E-state index in [0.29, 0.717) is 36.7 Å². The number of ether oxygens (including phenoxy) is 1. The molecule has 0 saturated carbocycles. The van der Waals surface area contributed by atoms with E-state index >= 15 is 0 Å². The molecule has 0 radical (unpaired) electrons. The van der Waals surface area contributed by atoms with E-state index in [1.54, 1.807) is 24.3 Å². The Morgan fingerprint density at radius 3 is 2.63 bits per heavy atom. The van der Waals surface area contributed by atoms with Gasteiger partial charge in [-0.1, -0.05) is 43.3 Å². The number of anilines is 2. The Morgan fingerprint density at radius 1 is 1.10 bits per heavy atom. The zero-order valence-corrected chi connectivity index (χ0v) is 17.2. The van der Waals surface area contributed by atoms with Crippen molar-refractivity contribution in [2.75, 3.05) is 18.5 Å². The minimum atomic E-state index is -0.300. The first-order valence-electron chi connectivity index (χ1n) is 10.0. The second kappa shape index (κ2) is 10.2. The second-order valence-corrected chi connectivity index (χ2v) is 6.73. The summed E-state index contributed by atoms with van der Waals surface area (Å²) < 4.78 is 7.00. The molecule has 0 fully saturated rings. The molecule has 3 aromatic rings. The largest absolute Gasteiger partial charge is 0.490 e. The van der Waals surface area contributed by atoms with Gasteiger partial charge < -0.3 is 15.4 Å². The van der Waals surface area contributed by atoms with E-state index in [4.69, 9.17) is 4.74 Å². The average molecular weight is 406 g/mol. The summed E-state index contributed by atoms with van der Waals surface area (Å²) >= 11 is 0. The smallest absolute Gasteiger partial charge is 0.294 e. The predicted octanol–water partition coefficient (Wildman–Crippen LogP) is 3.57. The molecule has 7 nitrogen and oxygen atoms in total. The van der Waals surface area contributed by atoms with E-state index in [2.05, 4.69) is 15.7 Å². The SMILES string of the molecule is CCCNC(=O)c1cccc(Nc2c(OCC)cnn(Cc3ccccc3)c2=O)c1. The lowest BCUT2D eigenvalue weighted by Crippen LogP contribution is -2.26. The number of nitrogens with one attached hydrogen (secondary N) is 2. The zero-order chi connectivity index (χ0) is 21.3. The molecule has 0 aliphatic rings. The fraction of sp³-hybridized carbons (Fsp3) is 0.261. The highest BCUT2D eigenvalue weighted by molar-refractivity contribution is 5.95. The molecule has 1 aromatic heterocycles. The molecule has 1 heterocycles. The fourth-order valence-corrected chi connectivity index (χ4v) is 2.95. The van der Waals surface area contributed by atoms with Crippen molar-refractivity contribution in [1.29, 1.82) is 0 Å². The van der Waals surface area contributed by atoms with Gasteiger partial charge in [-0.2, -0.15) is 5.10 Å². The molecule has 0 bridgehead atoms. The molecule has 7 heteroatoms. The number of benzene rings is 2. The Bertz CT molecular complexity index is 1050. The van der Waals surface area contributed by atoms with Crippen molar-refractivity contribution < 1.29 is 9.53 Å². The van der Waals surface area contributed by atoms with Gasteiger partial charge in [0.1, 0.15) is 0 Å². The summed E-state index contributed by atoms with van der Waals surface area (Å²) in [5.74, 6) is 0.217. The maximum atomic E-state index is 13.1. The molecule has 2 N–H and O–H groups in total. The van der Waals surface area contributed by atoms with Gasteiger partial charge in [0.05, 0.1) is 19.3 Å². The normalized spacial score (nSPS) is 10.5. The van der Waals surface area contributed by atoms with Gasteiger partial charge in [-0.15, -0.1) is 0 Å². The first-order chi connectivity index (χ1) is 14.6. The highest BCUT2D eigenvalue weighted by Gasteiger charge is 2.14. The first kappa shape index (κ1) is 21.1. The number of aromatic nitrogens is 2. The number of nitrogens with zero attached hydrogens (tertiary/aromatic N) is 2. The Balaban J connectivity index is 1.91. The van der Waals surface area contributed by atoms with Gasteiger partial charge in [-0.05, 0) is 37.1 Å². The van der Waals surface area contributed by atoms with E-state index in [0.717, 1.165) is 12.0 Å². The number of rotatable bonds is 9. The van der Waals surface area contributed by atoms with Crippen molar-refractivity contribution >= 4 is 17.3 Å². The molecule has 0 spiro atoms. The van der Waals surface area contributed by atoms with Crippen molar-refractivity contribution in [3.8, 4) is 5.75 Å². The summed E-state index contributed by atoms with van der Waals surface area (Å²) in [5, 5.41) is 10.2. The molecule has 0 aliphatic carbocycles. The summed E-state index contributed by atoms with van der Waals surface area (Å²) in [6, 6.07) is 16.7. The van der Waals surface area contributed by atoms with Gasteiger partial charge in [0.25, 0.3) is 11.5 Å². The van der Waals surface area contributed by atoms with Gasteiger partial charge in [0, 0.05) is 17.8 Å². The molecule has 0 aliphatic heterocycles. The summed E-state index contributed by atoms with van der Waals surface area (Å²) in [4.78, 5) is 25.4. The van der Waals surface area contributed by atoms with Crippen molar-refractivity contribution in [2.24, 2.45) is 0 Å². The maximum Gasteiger partial charge on any atom is 0.294 e. The van der Waals surface area contributed by atoms with Crippen molar-refractivity contribution in [2.45, 2.75) is 26.8 Å². The van der Waals surface area contributed by atoms with Gasteiger partial charge in [0.15, 0.2) is 11.4 Å². The standard InChI is InChI=1S/C23H26N4O3/c1-3-13-24-22(28)18-11-8-12-19(14-18)26-21-20(30-4-2)15-25-27(23(21)29)16-17-9-6-5-7-10-17/h5-12,14-15,26H,3-4,13,16H2,1-2H3,(H,24,28). The van der Waals surface area contributed by atoms with Crippen LogP contribution in [0.1, 0.15) is 36.2 Å². The van der Waals surface area contributed by atoms with Gasteiger partial charge in [-0.25, -0.2) is 4.68 Å². The molecular weight excluding hydrogens is 380 g/mol. The van der Waals surface area contributed by atoms with Gasteiger partial charge in [-0.3, -0.25) is 9.59 Å². The molecule has 2 aromatic carbocycles. The summed E-state index contributed by atoms with van der Waals surface area (Å²) in [7, 11) is 0. The summed E-state index contributed by atoms with van der Waals surface area (Å²) in [6.45, 7) is 5.20.